The van der Waals surface area contributed by atoms with Gasteiger partial charge in [-0.05, 0) is 42.8 Å². The molecule has 4 aromatic rings. The summed E-state index contributed by atoms with van der Waals surface area (Å²) >= 11 is 0. The number of aromatic amines is 1. The Morgan fingerprint density at radius 1 is 0.970 bits per heavy atom. The number of ether oxygens (including phenoxy) is 3. The van der Waals surface area contributed by atoms with Crippen LogP contribution in [0.4, 0.5) is 0 Å². The molecule has 7 heteroatoms. The predicted molar refractivity (Wildman–Crippen MR) is 130 cm³/mol. The van der Waals surface area contributed by atoms with E-state index in [1.165, 1.54) is 12.8 Å². The lowest BCUT2D eigenvalue weighted by molar-refractivity contribution is 0.0949. The highest BCUT2D eigenvalue weighted by Crippen LogP contribution is 2.37. The molecular formula is C26H29N3O4. The number of nitrogens with zero attached hydrogens (tertiary/aromatic N) is 1. The Morgan fingerprint density at radius 2 is 1.79 bits per heavy atom. The zero-order valence-corrected chi connectivity index (χ0v) is 19.2. The van der Waals surface area contributed by atoms with E-state index in [4.69, 9.17) is 14.2 Å². The van der Waals surface area contributed by atoms with E-state index in [2.05, 4.69) is 22.2 Å². The predicted octanol–water partition coefficient (Wildman–Crippen LogP) is 5.84. The van der Waals surface area contributed by atoms with Gasteiger partial charge in [-0.15, -0.1) is 0 Å². The first-order valence-electron chi connectivity index (χ1n) is 11.2. The summed E-state index contributed by atoms with van der Waals surface area (Å²) in [7, 11) is 3.19. The van der Waals surface area contributed by atoms with E-state index in [9.17, 15) is 4.79 Å². The first kappa shape index (κ1) is 22.5. The number of methoxy groups -OCH3 is 2. The highest BCUT2D eigenvalue weighted by atomic mass is 16.5. The van der Waals surface area contributed by atoms with Crippen molar-refractivity contribution in [1.82, 2.24) is 15.3 Å². The van der Waals surface area contributed by atoms with Crippen molar-refractivity contribution in [3.8, 4) is 23.0 Å². The van der Waals surface area contributed by atoms with Crippen LogP contribution in [0.15, 0.2) is 48.7 Å². The fraction of sp³-hybridized carbons (Fsp3) is 0.308. The molecule has 2 aromatic carbocycles. The average Bonchev–Trinajstić information content (AvgIpc) is 3.27. The summed E-state index contributed by atoms with van der Waals surface area (Å²) in [6.07, 6.45) is 6.19. The summed E-state index contributed by atoms with van der Waals surface area (Å²) in [4.78, 5) is 20.1. The summed E-state index contributed by atoms with van der Waals surface area (Å²) in [5.41, 5.74) is 2.17. The second kappa shape index (κ2) is 10.3. The van der Waals surface area contributed by atoms with Crippen molar-refractivity contribution < 1.29 is 19.0 Å². The van der Waals surface area contributed by atoms with Gasteiger partial charge in [-0.2, -0.15) is 0 Å². The van der Waals surface area contributed by atoms with Crippen molar-refractivity contribution in [3.05, 3.63) is 54.4 Å². The van der Waals surface area contributed by atoms with E-state index in [0.717, 1.165) is 34.6 Å². The molecule has 0 saturated heterocycles. The summed E-state index contributed by atoms with van der Waals surface area (Å²) in [5.74, 6) is 2.44. The highest BCUT2D eigenvalue weighted by molar-refractivity contribution is 5.98. The highest BCUT2D eigenvalue weighted by Gasteiger charge is 2.13. The number of carbonyl (C=O) groups is 1. The van der Waals surface area contributed by atoms with Gasteiger partial charge >= 0.3 is 0 Å². The number of nitrogens with one attached hydrogen (secondary N) is 2. The van der Waals surface area contributed by atoms with Gasteiger partial charge in [0, 0.05) is 35.1 Å². The van der Waals surface area contributed by atoms with Crippen LogP contribution in [-0.2, 0) is 0 Å². The van der Waals surface area contributed by atoms with Gasteiger partial charge in [-0.1, -0.05) is 26.2 Å². The van der Waals surface area contributed by atoms with Crippen LogP contribution in [0.2, 0.25) is 0 Å². The largest absolute Gasteiger partial charge is 0.493 e. The van der Waals surface area contributed by atoms with Crippen molar-refractivity contribution in [1.29, 1.82) is 0 Å². The van der Waals surface area contributed by atoms with Crippen LogP contribution in [0.25, 0.3) is 21.8 Å². The molecule has 0 radical (unpaired) electrons. The molecule has 0 aliphatic heterocycles. The molecule has 0 fully saturated rings. The summed E-state index contributed by atoms with van der Waals surface area (Å²) in [5, 5.41) is 4.70. The van der Waals surface area contributed by atoms with Gasteiger partial charge < -0.3 is 24.5 Å². The monoisotopic (exact) mass is 447 g/mol. The number of pyridine rings is 1. The van der Waals surface area contributed by atoms with Crippen molar-refractivity contribution in [2.75, 3.05) is 20.8 Å². The molecule has 0 atom stereocenters. The summed E-state index contributed by atoms with van der Waals surface area (Å²) in [6.45, 7) is 2.86. The van der Waals surface area contributed by atoms with Gasteiger partial charge in [-0.3, -0.25) is 9.78 Å². The van der Waals surface area contributed by atoms with Gasteiger partial charge in [0.25, 0.3) is 5.91 Å². The van der Waals surface area contributed by atoms with E-state index in [-0.39, 0.29) is 5.91 Å². The molecule has 4 rings (SSSR count). The van der Waals surface area contributed by atoms with E-state index < -0.39 is 0 Å². The third-order valence-corrected chi connectivity index (χ3v) is 5.59. The van der Waals surface area contributed by atoms with Gasteiger partial charge in [0.2, 0.25) is 0 Å². The first-order valence-corrected chi connectivity index (χ1v) is 11.2. The van der Waals surface area contributed by atoms with Crippen LogP contribution in [0.5, 0.6) is 23.0 Å². The lowest BCUT2D eigenvalue weighted by atomic mass is 10.1. The Kier molecular flexibility index (Phi) is 6.98. The Labute approximate surface area is 193 Å². The number of fused-ring (bicyclic) bond motifs is 2. The van der Waals surface area contributed by atoms with E-state index in [1.807, 2.05) is 42.5 Å². The number of hydrogen-bond acceptors (Lipinski definition) is 5. The zero-order valence-electron chi connectivity index (χ0n) is 19.2. The maximum Gasteiger partial charge on any atom is 0.267 e. The fourth-order valence-corrected chi connectivity index (χ4v) is 3.81. The second-order valence-corrected chi connectivity index (χ2v) is 7.88. The minimum atomic E-state index is -0.0914. The molecule has 0 unspecified atom stereocenters. The van der Waals surface area contributed by atoms with Gasteiger partial charge in [0.15, 0.2) is 11.5 Å². The van der Waals surface area contributed by atoms with Crippen molar-refractivity contribution >= 4 is 27.7 Å². The molecule has 0 bridgehead atoms. The number of aromatic nitrogens is 2. The van der Waals surface area contributed by atoms with Crippen LogP contribution in [-0.4, -0.2) is 36.6 Å². The molecule has 0 saturated carbocycles. The lowest BCUT2D eigenvalue weighted by Gasteiger charge is -2.12. The zero-order chi connectivity index (χ0) is 23.2. The van der Waals surface area contributed by atoms with Gasteiger partial charge in [-0.25, -0.2) is 0 Å². The number of carbonyl (C=O) groups excluding carboxylic acids is 1. The number of unbranched alkanes of at least 4 members (excludes halogenated alkanes) is 3. The van der Waals surface area contributed by atoms with Crippen LogP contribution in [0, 0.1) is 0 Å². The van der Waals surface area contributed by atoms with E-state index >= 15 is 0 Å². The minimum absolute atomic E-state index is 0.0914. The van der Waals surface area contributed by atoms with Gasteiger partial charge in [0.1, 0.15) is 17.2 Å². The number of amides is 1. The SMILES string of the molecule is CCCCCCNC(=O)c1cc2cc(Oc3ccnc4cc(OC)c(OC)cc34)ccc2[nH]1. The maximum absolute atomic E-state index is 12.5. The Bertz CT molecular complexity index is 1270. The Balaban J connectivity index is 1.54. The smallest absolute Gasteiger partial charge is 0.267 e. The molecular weight excluding hydrogens is 418 g/mol. The number of benzene rings is 2. The van der Waals surface area contributed by atoms with E-state index in [1.54, 1.807) is 20.4 Å². The Morgan fingerprint density at radius 3 is 2.58 bits per heavy atom. The van der Waals surface area contributed by atoms with Crippen LogP contribution < -0.4 is 19.5 Å². The molecule has 2 aromatic heterocycles. The van der Waals surface area contributed by atoms with Crippen molar-refractivity contribution in [2.45, 2.75) is 32.6 Å². The minimum Gasteiger partial charge on any atom is -0.493 e. The fourth-order valence-electron chi connectivity index (χ4n) is 3.81. The van der Waals surface area contributed by atoms with Crippen LogP contribution in [0.1, 0.15) is 43.1 Å². The van der Waals surface area contributed by atoms with Crippen LogP contribution in [0.3, 0.4) is 0 Å². The van der Waals surface area contributed by atoms with Gasteiger partial charge in [0.05, 0.1) is 19.7 Å². The molecule has 0 spiro atoms. The van der Waals surface area contributed by atoms with E-state index in [0.29, 0.717) is 35.2 Å². The Hall–Kier alpha value is -3.74. The first-order chi connectivity index (χ1) is 16.1. The molecule has 2 N–H and O–H groups in total. The number of rotatable bonds is 10. The third-order valence-electron chi connectivity index (χ3n) is 5.59. The molecule has 2 heterocycles. The lowest BCUT2D eigenvalue weighted by Crippen LogP contribution is -2.24. The number of H-pyrrole nitrogens is 1. The summed E-state index contributed by atoms with van der Waals surface area (Å²) in [6, 6.07) is 13.0. The molecule has 33 heavy (non-hydrogen) atoms. The maximum atomic E-state index is 12.5. The second-order valence-electron chi connectivity index (χ2n) is 7.88. The quantitative estimate of drug-likeness (QED) is 0.299. The van der Waals surface area contributed by atoms with Crippen LogP contribution >= 0.6 is 0 Å². The van der Waals surface area contributed by atoms with Crippen molar-refractivity contribution in [3.63, 3.8) is 0 Å². The topological polar surface area (TPSA) is 85.5 Å². The molecule has 1 amide bonds. The molecule has 0 aliphatic rings. The number of hydrogen-bond donors (Lipinski definition) is 2. The molecule has 172 valence electrons. The molecule has 0 aliphatic carbocycles. The standard InChI is InChI=1S/C26H29N3O4/c1-4-5-6-7-11-28-26(30)22-14-17-13-18(8-9-20(17)29-22)33-23-10-12-27-21-16-25(32-3)24(31-2)15-19(21)23/h8-10,12-16,29H,4-7,11H2,1-3H3,(H,28,30). The normalized spacial score (nSPS) is 11.0. The third kappa shape index (κ3) is 5.03. The van der Waals surface area contributed by atoms with Crippen molar-refractivity contribution in [2.24, 2.45) is 0 Å². The summed E-state index contributed by atoms with van der Waals surface area (Å²) < 4.78 is 17.0. The molecule has 7 nitrogen and oxygen atoms in total. The average molecular weight is 448 g/mol.